The number of pyridine rings is 3. The van der Waals surface area contributed by atoms with Crippen LogP contribution in [-0.4, -0.2) is 50.9 Å². The zero-order valence-electron chi connectivity index (χ0n) is 20.6. The van der Waals surface area contributed by atoms with Gasteiger partial charge in [-0.05, 0) is 49.6 Å². The Kier molecular flexibility index (Phi) is 6.37. The maximum atomic E-state index is 11.6. The van der Waals surface area contributed by atoms with Crippen molar-refractivity contribution in [3.63, 3.8) is 0 Å². The molecule has 0 radical (unpaired) electrons. The first-order valence-corrected chi connectivity index (χ1v) is 12.1. The topological polar surface area (TPSA) is 116 Å². The number of piperidine rings is 1. The lowest BCUT2D eigenvalue weighted by Crippen LogP contribution is -2.44. The third-order valence-electron chi connectivity index (χ3n) is 6.41. The van der Waals surface area contributed by atoms with Crippen molar-refractivity contribution in [2.75, 3.05) is 23.3 Å². The summed E-state index contributed by atoms with van der Waals surface area (Å²) in [6.07, 6.45) is 7.23. The van der Waals surface area contributed by atoms with Crippen LogP contribution >= 0.6 is 0 Å². The molecule has 4 aromatic rings. The Hall–Kier alpha value is -4.27. The molecule has 0 spiro atoms. The van der Waals surface area contributed by atoms with Gasteiger partial charge in [-0.1, -0.05) is 6.07 Å². The van der Waals surface area contributed by atoms with Gasteiger partial charge in [0.2, 0.25) is 11.8 Å². The second-order valence-electron chi connectivity index (χ2n) is 9.26. The highest BCUT2D eigenvalue weighted by Gasteiger charge is 2.22. The predicted molar refractivity (Wildman–Crippen MR) is 141 cm³/mol. The standard InChI is InChI=1S/C27H29N7O2/c1-16-4-5-22(29-14-16)25-26(19-6-9-28-24(12-19)32-18(3)36)33-23-13-21(15-30-27(23)25)34-10-7-20(8-11-34)31-17(2)35/h4-6,9,12-15,20,33H,7-8,10-11H2,1-3H3,(H,31,35)(H,28,32,36). The number of rotatable bonds is 5. The molecule has 9 heteroatoms. The number of hydrogen-bond donors (Lipinski definition) is 3. The predicted octanol–water partition coefficient (Wildman–Crippen LogP) is 4.06. The molecule has 36 heavy (non-hydrogen) atoms. The van der Waals surface area contributed by atoms with Crippen LogP contribution < -0.4 is 15.5 Å². The van der Waals surface area contributed by atoms with Crippen LogP contribution in [0.5, 0.6) is 0 Å². The van der Waals surface area contributed by atoms with E-state index in [1.54, 1.807) is 13.1 Å². The lowest BCUT2D eigenvalue weighted by molar-refractivity contribution is -0.119. The number of hydrogen-bond acceptors (Lipinski definition) is 6. The molecule has 4 aromatic heterocycles. The van der Waals surface area contributed by atoms with Crippen LogP contribution in [0, 0.1) is 6.92 Å². The Morgan fingerprint density at radius 1 is 1.00 bits per heavy atom. The van der Waals surface area contributed by atoms with Crippen LogP contribution in [0.15, 0.2) is 48.9 Å². The molecule has 1 aliphatic rings. The first-order valence-electron chi connectivity index (χ1n) is 12.1. The first-order chi connectivity index (χ1) is 17.4. The fourth-order valence-corrected chi connectivity index (χ4v) is 4.72. The summed E-state index contributed by atoms with van der Waals surface area (Å²) in [4.78, 5) is 42.7. The Morgan fingerprint density at radius 2 is 1.81 bits per heavy atom. The summed E-state index contributed by atoms with van der Waals surface area (Å²) in [7, 11) is 0. The summed E-state index contributed by atoms with van der Waals surface area (Å²) < 4.78 is 0. The second-order valence-corrected chi connectivity index (χ2v) is 9.26. The summed E-state index contributed by atoms with van der Waals surface area (Å²) >= 11 is 0. The minimum absolute atomic E-state index is 0.0190. The number of aryl methyl sites for hydroxylation is 1. The van der Waals surface area contributed by atoms with Crippen LogP contribution in [0.25, 0.3) is 33.5 Å². The Bertz CT molecular complexity index is 1420. The van der Waals surface area contributed by atoms with E-state index < -0.39 is 0 Å². The van der Waals surface area contributed by atoms with Gasteiger partial charge in [0.1, 0.15) is 5.82 Å². The summed E-state index contributed by atoms with van der Waals surface area (Å²) in [6.45, 7) is 6.74. The van der Waals surface area contributed by atoms with E-state index in [-0.39, 0.29) is 17.9 Å². The van der Waals surface area contributed by atoms with E-state index in [0.29, 0.717) is 5.82 Å². The molecule has 184 valence electrons. The zero-order valence-corrected chi connectivity index (χ0v) is 20.6. The second kappa shape index (κ2) is 9.77. The summed E-state index contributed by atoms with van der Waals surface area (Å²) in [5.74, 6) is 0.327. The summed E-state index contributed by atoms with van der Waals surface area (Å²) in [5.41, 5.74) is 7.31. The number of aromatic amines is 1. The van der Waals surface area contributed by atoms with Crippen LogP contribution in [0.2, 0.25) is 0 Å². The van der Waals surface area contributed by atoms with Gasteiger partial charge < -0.3 is 20.5 Å². The van der Waals surface area contributed by atoms with E-state index >= 15 is 0 Å². The van der Waals surface area contributed by atoms with Gasteiger partial charge in [0.05, 0.1) is 39.9 Å². The minimum Gasteiger partial charge on any atom is -0.370 e. The smallest absolute Gasteiger partial charge is 0.222 e. The molecule has 5 heterocycles. The Balaban J connectivity index is 1.55. The monoisotopic (exact) mass is 483 g/mol. The molecule has 1 fully saturated rings. The molecule has 0 atom stereocenters. The fourth-order valence-electron chi connectivity index (χ4n) is 4.72. The third kappa shape index (κ3) is 4.91. The van der Waals surface area contributed by atoms with Gasteiger partial charge in [-0.25, -0.2) is 4.98 Å². The molecule has 0 bridgehead atoms. The van der Waals surface area contributed by atoms with E-state index in [0.717, 1.165) is 70.7 Å². The molecule has 0 aliphatic carbocycles. The number of nitrogens with one attached hydrogen (secondary N) is 3. The van der Waals surface area contributed by atoms with E-state index in [9.17, 15) is 9.59 Å². The summed E-state index contributed by atoms with van der Waals surface area (Å²) in [5, 5.41) is 5.78. The first kappa shape index (κ1) is 23.5. The van der Waals surface area contributed by atoms with Crippen LogP contribution in [-0.2, 0) is 9.59 Å². The lowest BCUT2D eigenvalue weighted by Gasteiger charge is -2.33. The summed E-state index contributed by atoms with van der Waals surface area (Å²) in [6, 6.07) is 10.1. The SMILES string of the molecule is CC(=O)Nc1cc(-c2[nH]c3cc(N4CCC(NC(C)=O)CC4)cnc3c2-c2ccc(C)cn2)ccn1. The number of fused-ring (bicyclic) bond motifs is 1. The molecule has 3 N–H and O–H groups in total. The van der Waals surface area contributed by atoms with E-state index in [2.05, 4.69) is 36.6 Å². The number of anilines is 2. The normalized spacial score (nSPS) is 14.1. The van der Waals surface area contributed by atoms with Crippen molar-refractivity contribution in [1.82, 2.24) is 25.3 Å². The van der Waals surface area contributed by atoms with Crippen molar-refractivity contribution in [3.05, 3.63) is 54.5 Å². The lowest BCUT2D eigenvalue weighted by atomic mass is 10.0. The molecule has 0 aromatic carbocycles. The van der Waals surface area contributed by atoms with Crippen molar-refractivity contribution in [3.8, 4) is 22.5 Å². The van der Waals surface area contributed by atoms with Crippen LogP contribution in [0.1, 0.15) is 32.3 Å². The van der Waals surface area contributed by atoms with Crippen LogP contribution in [0.4, 0.5) is 11.5 Å². The highest BCUT2D eigenvalue weighted by molar-refractivity contribution is 6.01. The molecule has 1 aliphatic heterocycles. The van der Waals surface area contributed by atoms with E-state index in [1.165, 1.54) is 6.92 Å². The number of carbonyl (C=O) groups excluding carboxylic acids is 2. The van der Waals surface area contributed by atoms with Crippen molar-refractivity contribution < 1.29 is 9.59 Å². The van der Waals surface area contributed by atoms with Gasteiger partial charge in [0.15, 0.2) is 0 Å². The van der Waals surface area contributed by atoms with Crippen molar-refractivity contribution in [1.29, 1.82) is 0 Å². The van der Waals surface area contributed by atoms with Crippen molar-refractivity contribution in [2.24, 2.45) is 0 Å². The van der Waals surface area contributed by atoms with Gasteiger partial charge in [0, 0.05) is 50.9 Å². The number of carbonyl (C=O) groups is 2. The zero-order chi connectivity index (χ0) is 25.2. The van der Waals surface area contributed by atoms with Gasteiger partial charge in [-0.3, -0.25) is 19.6 Å². The van der Waals surface area contributed by atoms with Gasteiger partial charge >= 0.3 is 0 Å². The highest BCUT2D eigenvalue weighted by Crippen LogP contribution is 2.38. The maximum absolute atomic E-state index is 11.6. The molecule has 0 saturated carbocycles. The number of nitrogens with zero attached hydrogens (tertiary/aromatic N) is 4. The molecule has 9 nitrogen and oxygen atoms in total. The maximum Gasteiger partial charge on any atom is 0.222 e. The fraction of sp³-hybridized carbons (Fsp3) is 0.296. The highest BCUT2D eigenvalue weighted by atomic mass is 16.2. The molecular formula is C27H29N7O2. The van der Waals surface area contributed by atoms with E-state index in [1.807, 2.05) is 43.6 Å². The number of amides is 2. The third-order valence-corrected chi connectivity index (χ3v) is 6.41. The average Bonchev–Trinajstić information content (AvgIpc) is 3.23. The van der Waals surface area contributed by atoms with E-state index in [4.69, 9.17) is 4.98 Å². The quantitative estimate of drug-likeness (QED) is 0.394. The minimum atomic E-state index is -0.176. The average molecular weight is 484 g/mol. The largest absolute Gasteiger partial charge is 0.370 e. The Labute approximate surface area is 209 Å². The molecule has 0 unspecified atom stereocenters. The molecule has 5 rings (SSSR count). The van der Waals surface area contributed by atoms with Gasteiger partial charge in [-0.15, -0.1) is 0 Å². The molecular weight excluding hydrogens is 454 g/mol. The Morgan fingerprint density at radius 3 is 2.50 bits per heavy atom. The number of aromatic nitrogens is 4. The van der Waals surface area contributed by atoms with Gasteiger partial charge in [0.25, 0.3) is 0 Å². The van der Waals surface area contributed by atoms with Crippen molar-refractivity contribution in [2.45, 2.75) is 39.7 Å². The molecule has 2 amide bonds. The van der Waals surface area contributed by atoms with Crippen molar-refractivity contribution >= 4 is 34.4 Å². The molecule has 1 saturated heterocycles. The number of H-pyrrole nitrogens is 1. The van der Waals surface area contributed by atoms with Crippen LogP contribution in [0.3, 0.4) is 0 Å². The van der Waals surface area contributed by atoms with Gasteiger partial charge in [-0.2, -0.15) is 0 Å².